The van der Waals surface area contributed by atoms with Crippen LogP contribution in [0.1, 0.15) is 29.5 Å². The zero-order chi connectivity index (χ0) is 31.6. The molecule has 17 heteroatoms. The third-order valence-electron chi connectivity index (χ3n) is 6.92. The number of aliphatic imine (C=N–C) groups is 1. The van der Waals surface area contributed by atoms with Crippen LogP contribution in [0.4, 0.5) is 13.2 Å². The summed E-state index contributed by atoms with van der Waals surface area (Å²) in [5, 5.41) is 21.8. The monoisotopic (exact) mass is 646 g/mol. The zero-order valence-electron chi connectivity index (χ0n) is 22.7. The third kappa shape index (κ3) is 7.79. The van der Waals surface area contributed by atoms with E-state index in [1.807, 2.05) is 0 Å². The van der Waals surface area contributed by atoms with Gasteiger partial charge in [0.25, 0.3) is 5.91 Å². The minimum Gasteiger partial charge on any atom is -0.406 e. The van der Waals surface area contributed by atoms with E-state index in [1.54, 1.807) is 6.92 Å². The second-order valence-electron chi connectivity index (χ2n) is 9.98. The van der Waals surface area contributed by atoms with Crippen LogP contribution in [0.2, 0.25) is 0 Å². The number of nitrogens with zero attached hydrogens (tertiary/aromatic N) is 2. The van der Waals surface area contributed by atoms with Gasteiger partial charge in [-0.15, -0.1) is 13.2 Å². The van der Waals surface area contributed by atoms with E-state index in [0.717, 1.165) is 17.5 Å². The van der Waals surface area contributed by atoms with Gasteiger partial charge in [0.2, 0.25) is 20.0 Å². The molecular weight excluding hydrogens is 617 g/mol. The molecule has 1 amide bonds. The van der Waals surface area contributed by atoms with Crippen LogP contribution in [0, 0.1) is 6.92 Å². The molecule has 0 bridgehead atoms. The van der Waals surface area contributed by atoms with Crippen molar-refractivity contribution in [2.75, 3.05) is 26.2 Å². The Labute approximate surface area is 246 Å². The second kappa shape index (κ2) is 12.3. The van der Waals surface area contributed by atoms with Crippen LogP contribution in [-0.2, 0) is 24.8 Å². The van der Waals surface area contributed by atoms with Crippen LogP contribution >= 0.6 is 0 Å². The average Bonchev–Trinajstić information content (AvgIpc) is 3.25. The number of aryl methyl sites for hydroxylation is 1. The summed E-state index contributed by atoms with van der Waals surface area (Å²) in [6, 6.07) is 9.04. The van der Waals surface area contributed by atoms with Crippen molar-refractivity contribution in [3.05, 3.63) is 64.6 Å². The predicted molar refractivity (Wildman–Crippen MR) is 149 cm³/mol. The number of piperidine rings is 1. The van der Waals surface area contributed by atoms with Crippen molar-refractivity contribution in [1.29, 1.82) is 0 Å². The van der Waals surface area contributed by atoms with Gasteiger partial charge in [-0.05, 0) is 61.2 Å². The Bertz CT molecular complexity index is 1650. The van der Waals surface area contributed by atoms with E-state index < -0.39 is 56.3 Å². The van der Waals surface area contributed by atoms with Crippen molar-refractivity contribution in [2.24, 2.45) is 4.99 Å². The summed E-state index contributed by atoms with van der Waals surface area (Å²) in [4.78, 5) is 17.2. The van der Waals surface area contributed by atoms with Crippen LogP contribution in [0.15, 0.2) is 57.8 Å². The molecule has 1 spiro atoms. The molecule has 4 rings (SSSR count). The smallest absolute Gasteiger partial charge is 0.406 e. The van der Waals surface area contributed by atoms with E-state index in [1.165, 1.54) is 40.7 Å². The normalized spacial score (nSPS) is 18.6. The zero-order valence-corrected chi connectivity index (χ0v) is 24.3. The Morgan fingerprint density at radius 2 is 1.86 bits per heavy atom. The molecule has 2 aliphatic heterocycles. The van der Waals surface area contributed by atoms with Crippen molar-refractivity contribution in [3.63, 3.8) is 0 Å². The lowest BCUT2D eigenvalue weighted by Gasteiger charge is -2.34. The highest BCUT2D eigenvalue weighted by atomic mass is 32.2. The molecule has 0 unspecified atom stereocenters. The number of halogens is 3. The molecule has 234 valence electrons. The van der Waals surface area contributed by atoms with Crippen LogP contribution in [0.25, 0.3) is 6.08 Å². The first kappa shape index (κ1) is 32.6. The summed E-state index contributed by atoms with van der Waals surface area (Å²) >= 11 is 0. The number of rotatable bonds is 10. The highest BCUT2D eigenvalue weighted by molar-refractivity contribution is 7.92. The number of ether oxygens (including phenoxy) is 1. The summed E-state index contributed by atoms with van der Waals surface area (Å²) in [6.07, 6.45) is -4.75. The third-order valence-corrected chi connectivity index (χ3v) is 9.91. The van der Waals surface area contributed by atoms with Crippen molar-refractivity contribution >= 4 is 37.9 Å². The number of benzene rings is 2. The number of aliphatic hydroxyl groups excluding tert-OH is 2. The van der Waals surface area contributed by atoms with Gasteiger partial charge < -0.3 is 20.3 Å². The summed E-state index contributed by atoms with van der Waals surface area (Å²) < 4.78 is 96.0. The first-order valence-corrected chi connectivity index (χ1v) is 15.9. The van der Waals surface area contributed by atoms with Gasteiger partial charge in [0.1, 0.15) is 17.1 Å². The highest BCUT2D eigenvalue weighted by Crippen LogP contribution is 2.33. The summed E-state index contributed by atoms with van der Waals surface area (Å²) in [7, 11) is -7.92. The standard InChI is InChI=1S/C26H29F3N4O8S2/c1-17-13-22(43(39,40)30-15-20(35)16-34)6-5-18(17)7-12-42(37,38)33-10-8-25(9-11-33)24(36)31-23(32-25)19-3-2-4-21(14-19)41-26(27,28)29/h2-7,12-14,20,30,34-35H,8-11,15-16H2,1H3,(H,31,32,36)/b12-7+/t20-/m1/s1. The van der Waals surface area contributed by atoms with Crippen LogP contribution in [0.5, 0.6) is 5.75 Å². The summed E-state index contributed by atoms with van der Waals surface area (Å²) in [5.41, 5.74) is -0.167. The first-order valence-electron chi connectivity index (χ1n) is 12.9. The Morgan fingerprint density at radius 1 is 1.16 bits per heavy atom. The maximum absolute atomic E-state index is 13.0. The fourth-order valence-corrected chi connectivity index (χ4v) is 6.88. The van der Waals surface area contributed by atoms with E-state index in [9.17, 15) is 39.9 Å². The summed E-state index contributed by atoms with van der Waals surface area (Å²) in [6.45, 7) is 0.508. The molecule has 1 atom stereocenters. The molecule has 1 fully saturated rings. The lowest BCUT2D eigenvalue weighted by atomic mass is 9.89. The van der Waals surface area contributed by atoms with Gasteiger partial charge in [-0.3, -0.25) is 9.79 Å². The molecule has 2 aromatic carbocycles. The Balaban J connectivity index is 1.43. The van der Waals surface area contributed by atoms with E-state index in [0.29, 0.717) is 11.1 Å². The number of hydrogen-bond donors (Lipinski definition) is 4. The molecule has 2 aliphatic rings. The van der Waals surface area contributed by atoms with Gasteiger partial charge >= 0.3 is 6.36 Å². The van der Waals surface area contributed by atoms with Gasteiger partial charge in [0.15, 0.2) is 0 Å². The first-order chi connectivity index (χ1) is 20.0. The van der Waals surface area contributed by atoms with E-state index in [4.69, 9.17) is 5.11 Å². The quantitative estimate of drug-likeness (QED) is 0.298. The fraction of sp³-hybridized carbons (Fsp3) is 0.385. The number of aliphatic hydroxyl groups is 2. The van der Waals surface area contributed by atoms with Crippen LogP contribution in [-0.4, -0.2) is 87.3 Å². The number of hydrogen-bond acceptors (Lipinski definition) is 9. The molecule has 0 aromatic heterocycles. The minimum absolute atomic E-state index is 0.0394. The molecular formula is C26H29F3N4O8S2. The van der Waals surface area contributed by atoms with Gasteiger partial charge in [-0.2, -0.15) is 4.31 Å². The number of amidine groups is 1. The second-order valence-corrected chi connectivity index (χ2v) is 13.6. The fourth-order valence-electron chi connectivity index (χ4n) is 4.54. The van der Waals surface area contributed by atoms with Crippen molar-refractivity contribution in [1.82, 2.24) is 14.3 Å². The molecule has 0 aliphatic carbocycles. The Hall–Kier alpha value is -3.35. The van der Waals surface area contributed by atoms with Gasteiger partial charge in [0, 0.05) is 30.6 Å². The molecule has 43 heavy (non-hydrogen) atoms. The topological polar surface area (TPSA) is 175 Å². The number of amides is 1. The maximum atomic E-state index is 13.0. The number of nitrogens with one attached hydrogen (secondary N) is 2. The number of alkyl halides is 3. The molecule has 1 saturated heterocycles. The highest BCUT2D eigenvalue weighted by Gasteiger charge is 2.47. The maximum Gasteiger partial charge on any atom is 0.573 e. The molecule has 0 saturated carbocycles. The van der Waals surface area contributed by atoms with Crippen LogP contribution < -0.4 is 14.8 Å². The van der Waals surface area contributed by atoms with Crippen molar-refractivity contribution < 1.29 is 49.8 Å². The molecule has 12 nitrogen and oxygen atoms in total. The van der Waals surface area contributed by atoms with E-state index in [2.05, 4.69) is 19.8 Å². The molecule has 0 radical (unpaired) electrons. The number of sulfonamides is 2. The lowest BCUT2D eigenvalue weighted by Crippen LogP contribution is -2.50. The molecule has 2 heterocycles. The Kier molecular flexibility index (Phi) is 9.34. The molecule has 4 N–H and O–H groups in total. The largest absolute Gasteiger partial charge is 0.573 e. The Morgan fingerprint density at radius 3 is 2.49 bits per heavy atom. The minimum atomic E-state index is -4.89. The lowest BCUT2D eigenvalue weighted by molar-refractivity contribution is -0.274. The van der Waals surface area contributed by atoms with Gasteiger partial charge in [-0.1, -0.05) is 18.2 Å². The average molecular weight is 647 g/mol. The predicted octanol–water partition coefficient (Wildman–Crippen LogP) is 1.24. The van der Waals surface area contributed by atoms with Gasteiger partial charge in [-0.25, -0.2) is 21.6 Å². The van der Waals surface area contributed by atoms with Crippen LogP contribution in [0.3, 0.4) is 0 Å². The molecule has 2 aromatic rings. The van der Waals surface area contributed by atoms with Crippen molar-refractivity contribution in [3.8, 4) is 5.75 Å². The van der Waals surface area contributed by atoms with E-state index >= 15 is 0 Å². The number of carbonyl (C=O) groups is 1. The summed E-state index contributed by atoms with van der Waals surface area (Å²) in [5.74, 6) is -0.894. The van der Waals surface area contributed by atoms with E-state index in [-0.39, 0.29) is 48.8 Å². The van der Waals surface area contributed by atoms with Crippen molar-refractivity contribution in [2.45, 2.75) is 42.7 Å². The SMILES string of the molecule is Cc1cc(S(=O)(=O)NC[C@@H](O)CO)ccc1/C=C/S(=O)(=O)N1CCC2(CC1)N=C(c1cccc(OC(F)(F)F)c1)NC2=O. The number of carbonyl (C=O) groups excluding carboxylic acids is 1. The van der Waals surface area contributed by atoms with Gasteiger partial charge in [0.05, 0.1) is 17.6 Å².